The number of nitrogens with zero attached hydrogens (tertiary/aromatic N) is 2. The predicted octanol–water partition coefficient (Wildman–Crippen LogP) is 7.71. The Labute approximate surface area is 276 Å². The summed E-state index contributed by atoms with van der Waals surface area (Å²) in [5.74, 6) is -0.475. The summed E-state index contributed by atoms with van der Waals surface area (Å²) >= 11 is 3.50. The van der Waals surface area contributed by atoms with Crippen LogP contribution in [0.25, 0.3) is 0 Å². The fourth-order valence-electron chi connectivity index (χ4n) is 4.99. The van der Waals surface area contributed by atoms with Crippen molar-refractivity contribution in [2.75, 3.05) is 32.4 Å². The maximum absolute atomic E-state index is 14.6. The maximum Gasteiger partial charge on any atom is 0.419 e. The van der Waals surface area contributed by atoms with Gasteiger partial charge in [0.05, 0.1) is 6.61 Å². The van der Waals surface area contributed by atoms with Crippen LogP contribution in [0.2, 0.25) is 0 Å². The second-order valence-electron chi connectivity index (χ2n) is 14.4. The van der Waals surface area contributed by atoms with Crippen LogP contribution in [0.5, 0.6) is 5.75 Å². The van der Waals surface area contributed by atoms with Gasteiger partial charge in [-0.1, -0.05) is 22.0 Å². The second kappa shape index (κ2) is 15.2. The summed E-state index contributed by atoms with van der Waals surface area (Å²) in [6, 6.07) is 5.00. The molecule has 0 aromatic heterocycles. The monoisotopic (exact) mass is 718 g/mol. The molecule has 1 fully saturated rings. The SMILES string of the molecule is CCOP1(=O)CCN(Cc2ccc(O)cc2Br)CC1(CCCCN(C(=O)OC(C)(C)C)C(=O)OC(C)(C)C)C(=O)OC(C)(C)C. The third-order valence-electron chi connectivity index (χ3n) is 6.84. The van der Waals surface area contributed by atoms with Crippen LogP contribution in [0.3, 0.4) is 0 Å². The molecule has 2 atom stereocenters. The summed E-state index contributed by atoms with van der Waals surface area (Å²) < 4.78 is 38.1. The summed E-state index contributed by atoms with van der Waals surface area (Å²) in [5, 5.41) is 8.37. The normalized spacial score (nSPS) is 21.2. The van der Waals surface area contributed by atoms with E-state index in [0.29, 0.717) is 30.4 Å². The summed E-state index contributed by atoms with van der Waals surface area (Å²) in [7, 11) is -3.58. The summed E-state index contributed by atoms with van der Waals surface area (Å²) in [5.41, 5.74) is -1.61. The highest BCUT2D eigenvalue weighted by Gasteiger charge is 2.59. The number of imide groups is 1. The number of carbonyl (C=O) groups is 3. The zero-order chi connectivity index (χ0) is 34.4. The number of phenolic OH excluding ortho intramolecular Hbond substituents is 1. The number of amides is 2. The number of rotatable bonds is 10. The Kier molecular flexibility index (Phi) is 13.2. The van der Waals surface area contributed by atoms with E-state index < -0.39 is 47.5 Å². The number of carbonyl (C=O) groups excluding carboxylic acids is 3. The number of ether oxygens (including phenoxy) is 3. The Morgan fingerprint density at radius 1 is 0.956 bits per heavy atom. The van der Waals surface area contributed by atoms with Crippen LogP contribution in [0.15, 0.2) is 22.7 Å². The first-order valence-corrected chi connectivity index (χ1v) is 18.0. The first kappa shape index (κ1) is 39.0. The van der Waals surface area contributed by atoms with Crippen molar-refractivity contribution in [3.05, 3.63) is 28.2 Å². The van der Waals surface area contributed by atoms with Crippen LogP contribution in [0.4, 0.5) is 9.59 Å². The molecular weight excluding hydrogens is 667 g/mol. The van der Waals surface area contributed by atoms with E-state index in [1.54, 1.807) is 87.4 Å². The Balaban J connectivity index is 2.40. The molecule has 13 heteroatoms. The van der Waals surface area contributed by atoms with Crippen LogP contribution in [-0.2, 0) is 34.6 Å². The van der Waals surface area contributed by atoms with Gasteiger partial charge < -0.3 is 23.8 Å². The highest BCUT2D eigenvalue weighted by Crippen LogP contribution is 2.64. The van der Waals surface area contributed by atoms with Gasteiger partial charge >= 0.3 is 18.2 Å². The topological polar surface area (TPSA) is 132 Å². The van der Waals surface area contributed by atoms with E-state index in [-0.39, 0.29) is 38.0 Å². The molecule has 1 aromatic carbocycles. The van der Waals surface area contributed by atoms with Crippen molar-refractivity contribution in [3.8, 4) is 5.75 Å². The molecule has 1 saturated heterocycles. The standard InChI is InChI=1S/C32H52BrN2O9P/c1-11-41-45(40)19-18-34(21-23-14-15-24(36)20-25(23)33)22-32(45,26(37)42-29(2,3)4)16-12-13-17-35(27(38)43-30(5,6)7)28(39)44-31(8,9)10/h14-15,20,36H,11-13,16-19,21-22H2,1-10H3. The average Bonchev–Trinajstić information content (AvgIpc) is 2.84. The van der Waals surface area contributed by atoms with Crippen molar-refractivity contribution in [1.29, 1.82) is 0 Å². The van der Waals surface area contributed by atoms with E-state index in [1.165, 1.54) is 0 Å². The van der Waals surface area contributed by atoms with Crippen LogP contribution in [0, 0.1) is 0 Å². The fourth-order valence-corrected chi connectivity index (χ4v) is 8.49. The number of aromatic hydroxyl groups is 1. The van der Waals surface area contributed by atoms with Crippen LogP contribution < -0.4 is 0 Å². The maximum atomic E-state index is 14.6. The predicted molar refractivity (Wildman–Crippen MR) is 177 cm³/mol. The van der Waals surface area contributed by atoms with E-state index in [9.17, 15) is 24.1 Å². The van der Waals surface area contributed by atoms with Crippen LogP contribution in [-0.4, -0.2) is 87.4 Å². The summed E-state index contributed by atoms with van der Waals surface area (Å²) in [4.78, 5) is 43.1. The first-order chi connectivity index (χ1) is 20.5. The highest BCUT2D eigenvalue weighted by molar-refractivity contribution is 9.10. The van der Waals surface area contributed by atoms with Crippen LogP contribution >= 0.6 is 23.3 Å². The molecule has 45 heavy (non-hydrogen) atoms. The summed E-state index contributed by atoms with van der Waals surface area (Å²) in [6.45, 7) is 18.4. The molecule has 1 aliphatic heterocycles. The third kappa shape index (κ3) is 11.6. The first-order valence-electron chi connectivity index (χ1n) is 15.4. The minimum atomic E-state index is -3.58. The number of halogens is 1. The van der Waals surface area contributed by atoms with Gasteiger partial charge in [-0.3, -0.25) is 14.3 Å². The van der Waals surface area contributed by atoms with E-state index in [4.69, 9.17) is 18.7 Å². The molecule has 0 bridgehead atoms. The van der Waals surface area contributed by atoms with Gasteiger partial charge in [0.2, 0.25) is 7.37 Å². The molecule has 1 heterocycles. The largest absolute Gasteiger partial charge is 0.508 e. The van der Waals surface area contributed by atoms with Crippen molar-refractivity contribution in [1.82, 2.24) is 9.80 Å². The third-order valence-corrected chi connectivity index (χ3v) is 10.9. The molecule has 11 nitrogen and oxygen atoms in total. The van der Waals surface area contributed by atoms with E-state index in [0.717, 1.165) is 10.5 Å². The van der Waals surface area contributed by atoms with E-state index >= 15 is 0 Å². The molecule has 0 spiro atoms. The lowest BCUT2D eigenvalue weighted by Gasteiger charge is -2.46. The van der Waals surface area contributed by atoms with Crippen molar-refractivity contribution in [2.45, 2.75) is 117 Å². The second-order valence-corrected chi connectivity index (χ2v) is 18.2. The number of hydrogen-bond acceptors (Lipinski definition) is 10. The van der Waals surface area contributed by atoms with Crippen molar-refractivity contribution >= 4 is 41.5 Å². The van der Waals surface area contributed by atoms with Gasteiger partial charge in [-0.05, 0) is 106 Å². The van der Waals surface area contributed by atoms with Crippen molar-refractivity contribution in [3.63, 3.8) is 0 Å². The number of esters is 1. The van der Waals surface area contributed by atoms with Gasteiger partial charge in [0.15, 0.2) is 5.16 Å². The molecule has 1 aliphatic rings. The molecule has 1 aromatic rings. The smallest absolute Gasteiger partial charge is 0.419 e. The lowest BCUT2D eigenvalue weighted by molar-refractivity contribution is -0.160. The molecule has 2 rings (SSSR count). The number of unbranched alkanes of at least 4 members (excludes halogenated alkanes) is 1. The van der Waals surface area contributed by atoms with Crippen LogP contribution in [0.1, 0.15) is 94.1 Å². The Morgan fingerprint density at radius 3 is 2.00 bits per heavy atom. The molecule has 0 saturated carbocycles. The zero-order valence-corrected chi connectivity index (χ0v) is 31.0. The van der Waals surface area contributed by atoms with E-state index in [1.807, 2.05) is 4.90 Å². The molecular formula is C32H52BrN2O9P. The van der Waals surface area contributed by atoms with Gasteiger partial charge in [-0.2, -0.15) is 0 Å². The van der Waals surface area contributed by atoms with Gasteiger partial charge in [-0.25, -0.2) is 14.5 Å². The highest BCUT2D eigenvalue weighted by atomic mass is 79.9. The van der Waals surface area contributed by atoms with Gasteiger partial charge in [0.25, 0.3) is 0 Å². The molecule has 2 unspecified atom stereocenters. The molecule has 1 N–H and O–H groups in total. The molecule has 256 valence electrons. The molecule has 2 amide bonds. The van der Waals surface area contributed by atoms with Crippen molar-refractivity contribution in [2.24, 2.45) is 0 Å². The minimum absolute atomic E-state index is 0.0304. The lowest BCUT2D eigenvalue weighted by atomic mass is 9.98. The number of benzene rings is 1. The van der Waals surface area contributed by atoms with Gasteiger partial charge in [0.1, 0.15) is 22.6 Å². The zero-order valence-electron chi connectivity index (χ0n) is 28.5. The lowest BCUT2D eigenvalue weighted by Crippen LogP contribution is -2.56. The van der Waals surface area contributed by atoms with Gasteiger partial charge in [0, 0.05) is 36.8 Å². The molecule has 0 radical (unpaired) electrons. The molecule has 0 aliphatic carbocycles. The quantitative estimate of drug-likeness (QED) is 0.111. The van der Waals surface area contributed by atoms with E-state index in [2.05, 4.69) is 15.9 Å². The fraction of sp³-hybridized carbons (Fsp3) is 0.719. The van der Waals surface area contributed by atoms with Gasteiger partial charge in [-0.15, -0.1) is 0 Å². The average molecular weight is 720 g/mol. The minimum Gasteiger partial charge on any atom is -0.508 e. The Bertz CT molecular complexity index is 1220. The van der Waals surface area contributed by atoms with Crippen molar-refractivity contribution < 1.29 is 42.8 Å². The Hall–Kier alpha value is -2.14. The Morgan fingerprint density at radius 2 is 1.51 bits per heavy atom. The number of phenols is 1. The summed E-state index contributed by atoms with van der Waals surface area (Å²) in [6.07, 6.45) is -0.752. The number of hydrogen-bond donors (Lipinski definition) is 1.